The maximum atomic E-state index is 5.73. The molecule has 0 spiro atoms. The first-order valence-electron chi connectivity index (χ1n) is 9.66. The Kier molecular flexibility index (Phi) is 5.64. The van der Waals surface area contributed by atoms with Crippen molar-refractivity contribution in [2.45, 2.75) is 39.0 Å². The number of hydrogen-bond acceptors (Lipinski definition) is 3. The van der Waals surface area contributed by atoms with Crippen molar-refractivity contribution in [3.8, 4) is 5.75 Å². The van der Waals surface area contributed by atoms with Crippen molar-refractivity contribution >= 4 is 23.3 Å². The lowest BCUT2D eigenvalue weighted by Gasteiger charge is -2.17. The lowest BCUT2D eigenvalue weighted by molar-refractivity contribution is -0.400. The van der Waals surface area contributed by atoms with Crippen LogP contribution in [0, 0.1) is 0 Å². The first kappa shape index (κ1) is 19.2. The van der Waals surface area contributed by atoms with E-state index in [4.69, 9.17) is 9.84 Å². The van der Waals surface area contributed by atoms with Crippen LogP contribution in [0.5, 0.6) is 5.75 Å². The number of para-hydroxylation sites is 1. The minimum atomic E-state index is -0.0628. The van der Waals surface area contributed by atoms with E-state index in [2.05, 4.69) is 56.7 Å². The maximum absolute atomic E-state index is 5.73. The van der Waals surface area contributed by atoms with Gasteiger partial charge < -0.3 is 4.74 Å². The Labute approximate surface area is 162 Å². The van der Waals surface area contributed by atoms with E-state index in [0.29, 0.717) is 0 Å². The summed E-state index contributed by atoms with van der Waals surface area (Å²) in [5.74, 6) is 0.908. The van der Waals surface area contributed by atoms with Gasteiger partial charge in [0.1, 0.15) is 19.0 Å². The van der Waals surface area contributed by atoms with Crippen molar-refractivity contribution in [3.63, 3.8) is 0 Å². The monoisotopic (exact) mass is 364 g/mol. The molecule has 0 N–H and O–H groups in total. The Morgan fingerprint density at radius 3 is 2.48 bits per heavy atom. The second-order valence-electron chi connectivity index (χ2n) is 7.55. The Morgan fingerprint density at radius 2 is 1.81 bits per heavy atom. The highest BCUT2D eigenvalue weighted by molar-refractivity contribution is 6.33. The van der Waals surface area contributed by atoms with E-state index < -0.39 is 0 Å². The summed E-state index contributed by atoms with van der Waals surface area (Å²) in [6, 6.07) is 16.7. The van der Waals surface area contributed by atoms with Crippen LogP contribution in [-0.4, -0.2) is 37.2 Å². The summed E-state index contributed by atoms with van der Waals surface area (Å²) in [6.07, 6.45) is 4.20. The molecule has 27 heavy (non-hydrogen) atoms. The van der Waals surface area contributed by atoms with Crippen molar-refractivity contribution in [2.75, 3.05) is 25.7 Å². The topological polar surface area (TPSA) is 27.8 Å². The molecule has 0 atom stereocenters. The fraction of sp³-hybridized carbons (Fsp3) is 0.391. The van der Waals surface area contributed by atoms with Crippen LogP contribution >= 0.6 is 0 Å². The fourth-order valence-electron chi connectivity index (χ4n) is 3.53. The van der Waals surface area contributed by atoms with E-state index in [1.165, 1.54) is 17.0 Å². The molecule has 0 amide bonds. The molecule has 0 saturated carbocycles. The second kappa shape index (κ2) is 7.95. The normalized spacial score (nSPS) is 15.3. The molecular weight excluding hydrogens is 334 g/mol. The van der Waals surface area contributed by atoms with Crippen LogP contribution in [0.15, 0.2) is 53.6 Å². The summed E-state index contributed by atoms with van der Waals surface area (Å²) in [5.41, 5.74) is 4.75. The number of benzene rings is 2. The average molecular weight is 365 g/mol. The van der Waals surface area contributed by atoms with Crippen molar-refractivity contribution in [3.05, 3.63) is 54.1 Å². The highest BCUT2D eigenvalue weighted by Crippen LogP contribution is 2.38. The van der Waals surface area contributed by atoms with Gasteiger partial charge in [-0.3, -0.25) is 5.01 Å². The van der Waals surface area contributed by atoms with Gasteiger partial charge in [0.15, 0.2) is 0 Å². The average Bonchev–Trinajstić information content (AvgIpc) is 2.87. The van der Waals surface area contributed by atoms with E-state index >= 15 is 0 Å². The van der Waals surface area contributed by atoms with Crippen molar-refractivity contribution in [1.29, 1.82) is 0 Å². The Bertz CT molecular complexity index is 850. The largest absolute Gasteiger partial charge is 0.494 e. The van der Waals surface area contributed by atoms with Crippen LogP contribution in [0.1, 0.15) is 39.2 Å². The number of nitrogens with zero attached hydrogens (tertiary/aromatic N) is 3. The van der Waals surface area contributed by atoms with E-state index in [1.807, 2.05) is 42.5 Å². The number of hydrogen-bond donors (Lipinski definition) is 0. The molecule has 0 aliphatic carbocycles. The third-order valence-electron chi connectivity index (χ3n) is 5.27. The Hall–Kier alpha value is -2.62. The first-order chi connectivity index (χ1) is 12.9. The van der Waals surface area contributed by atoms with E-state index in [-0.39, 0.29) is 5.41 Å². The zero-order chi connectivity index (χ0) is 19.4. The number of anilines is 1. The van der Waals surface area contributed by atoms with Crippen LogP contribution in [0.2, 0.25) is 0 Å². The summed E-state index contributed by atoms with van der Waals surface area (Å²) in [6.45, 7) is 7.43. The summed E-state index contributed by atoms with van der Waals surface area (Å²) in [4.78, 5) is 0. The van der Waals surface area contributed by atoms with Crippen LogP contribution in [-0.2, 0) is 5.41 Å². The zero-order valence-electron chi connectivity index (χ0n) is 17.1. The number of unbranched alkanes of at least 4 members (excludes halogenated alkanes) is 1. The molecule has 1 heterocycles. The number of hydrazone groups is 1. The lowest BCUT2D eigenvalue weighted by atomic mass is 9.82. The first-order valence-corrected chi connectivity index (χ1v) is 9.66. The molecule has 3 rings (SSSR count). The molecule has 4 nitrogen and oxygen atoms in total. The van der Waals surface area contributed by atoms with Crippen molar-refractivity contribution in [1.82, 2.24) is 0 Å². The van der Waals surface area contributed by atoms with Gasteiger partial charge in [-0.05, 0) is 44.5 Å². The molecule has 0 fully saturated rings. The quantitative estimate of drug-likeness (QED) is 0.299. The second-order valence-corrected chi connectivity index (χ2v) is 7.55. The molecule has 0 aromatic heterocycles. The SMILES string of the molecule is CCCCOc1ccc(N(C)N=CC2=[N+](C)c3ccccc3C2(C)C)cc1. The molecule has 0 unspecified atom stereocenters. The fourth-order valence-corrected chi connectivity index (χ4v) is 3.53. The molecule has 1 aliphatic rings. The number of fused-ring (bicyclic) bond motifs is 1. The van der Waals surface area contributed by atoms with Gasteiger partial charge >= 0.3 is 0 Å². The zero-order valence-corrected chi connectivity index (χ0v) is 17.1. The summed E-state index contributed by atoms with van der Waals surface area (Å²) >= 11 is 0. The summed E-state index contributed by atoms with van der Waals surface area (Å²) in [7, 11) is 4.08. The molecule has 4 heteroatoms. The molecule has 0 bridgehead atoms. The smallest absolute Gasteiger partial charge is 0.212 e. The molecule has 0 radical (unpaired) electrons. The predicted molar refractivity (Wildman–Crippen MR) is 114 cm³/mol. The third-order valence-corrected chi connectivity index (χ3v) is 5.27. The third kappa shape index (κ3) is 3.90. The lowest BCUT2D eigenvalue weighted by Crippen LogP contribution is -2.30. The molecule has 142 valence electrons. The van der Waals surface area contributed by atoms with Gasteiger partial charge in [0, 0.05) is 18.7 Å². The molecule has 0 saturated heterocycles. The van der Waals surface area contributed by atoms with Gasteiger partial charge in [0.25, 0.3) is 0 Å². The maximum Gasteiger partial charge on any atom is 0.212 e. The van der Waals surface area contributed by atoms with Crippen LogP contribution in [0.25, 0.3) is 0 Å². The molecule has 1 aliphatic heterocycles. The van der Waals surface area contributed by atoms with Crippen LogP contribution < -0.4 is 9.75 Å². The molecular formula is C23H30N3O+. The predicted octanol–water partition coefficient (Wildman–Crippen LogP) is 4.99. The van der Waals surface area contributed by atoms with Crippen LogP contribution in [0.4, 0.5) is 11.4 Å². The summed E-state index contributed by atoms with van der Waals surface area (Å²) < 4.78 is 7.97. The van der Waals surface area contributed by atoms with E-state index in [9.17, 15) is 0 Å². The number of rotatable bonds is 7. The molecule has 2 aromatic carbocycles. The van der Waals surface area contributed by atoms with E-state index in [1.54, 1.807) is 0 Å². The van der Waals surface area contributed by atoms with Gasteiger partial charge in [-0.2, -0.15) is 9.68 Å². The highest BCUT2D eigenvalue weighted by Gasteiger charge is 2.43. The highest BCUT2D eigenvalue weighted by atomic mass is 16.5. The van der Waals surface area contributed by atoms with Gasteiger partial charge in [0.05, 0.1) is 17.7 Å². The van der Waals surface area contributed by atoms with Gasteiger partial charge in [-0.15, -0.1) is 0 Å². The summed E-state index contributed by atoms with van der Waals surface area (Å²) in [5, 5.41) is 6.60. The van der Waals surface area contributed by atoms with E-state index in [0.717, 1.165) is 30.9 Å². The number of ether oxygens (including phenoxy) is 1. The van der Waals surface area contributed by atoms with Gasteiger partial charge in [-0.1, -0.05) is 31.5 Å². The minimum absolute atomic E-state index is 0.0628. The van der Waals surface area contributed by atoms with Crippen molar-refractivity contribution in [2.24, 2.45) is 5.10 Å². The van der Waals surface area contributed by atoms with Gasteiger partial charge in [0.2, 0.25) is 11.4 Å². The van der Waals surface area contributed by atoms with Crippen LogP contribution in [0.3, 0.4) is 0 Å². The Balaban J connectivity index is 1.73. The van der Waals surface area contributed by atoms with Crippen molar-refractivity contribution < 1.29 is 9.31 Å². The van der Waals surface area contributed by atoms with Gasteiger partial charge in [-0.25, -0.2) is 0 Å². The minimum Gasteiger partial charge on any atom is -0.494 e. The molecule has 2 aromatic rings. The standard InChI is InChI=1S/C23H30N3O/c1-6-7-16-27-19-14-12-18(13-15-19)26(5)24-17-22-23(2,3)20-10-8-9-11-21(20)25(22)4/h8-15,17H,6-7,16H2,1-5H3/q+1. The Morgan fingerprint density at radius 1 is 1.11 bits per heavy atom.